The lowest BCUT2D eigenvalue weighted by Crippen LogP contribution is -2.33. The lowest BCUT2D eigenvalue weighted by atomic mass is 10.2. The summed E-state index contributed by atoms with van der Waals surface area (Å²) in [5.74, 6) is -0.112. The molecule has 0 aliphatic rings. The van der Waals surface area contributed by atoms with E-state index in [0.29, 0.717) is 17.0 Å². The van der Waals surface area contributed by atoms with E-state index in [-0.39, 0.29) is 25.0 Å². The molecule has 0 radical (unpaired) electrons. The Kier molecular flexibility index (Phi) is 6.51. The van der Waals surface area contributed by atoms with Crippen LogP contribution in [0, 0.1) is 6.92 Å². The first-order valence-corrected chi connectivity index (χ1v) is 10.8. The maximum absolute atomic E-state index is 12.5. The van der Waals surface area contributed by atoms with E-state index >= 15 is 0 Å². The number of amides is 2. The van der Waals surface area contributed by atoms with Gasteiger partial charge in [0.1, 0.15) is 18.0 Å². The molecule has 0 saturated heterocycles. The number of anilines is 1. The molecule has 2 heterocycles. The highest BCUT2D eigenvalue weighted by atomic mass is 79.9. The molecule has 2 aromatic carbocycles. The standard InChI is InChI=1S/C24H21BrN4O3/c1-16-11-18(25)8-9-21(16)28-23(30)13-26-24(31)17-5-4-6-20(12-17)32-15-19-14-29-10-3-2-7-22(29)27-19/h2-12,14H,13,15H2,1H3,(H,26,31)(H,28,30). The summed E-state index contributed by atoms with van der Waals surface area (Å²) in [6.45, 7) is 2.04. The van der Waals surface area contributed by atoms with Crippen molar-refractivity contribution in [2.75, 3.05) is 11.9 Å². The van der Waals surface area contributed by atoms with Crippen molar-refractivity contribution in [3.05, 3.63) is 94.4 Å². The smallest absolute Gasteiger partial charge is 0.251 e. The fourth-order valence-electron chi connectivity index (χ4n) is 3.17. The highest BCUT2D eigenvalue weighted by molar-refractivity contribution is 9.10. The summed E-state index contributed by atoms with van der Waals surface area (Å²) in [7, 11) is 0. The number of benzene rings is 2. The quantitative estimate of drug-likeness (QED) is 0.401. The van der Waals surface area contributed by atoms with Gasteiger partial charge in [-0.25, -0.2) is 4.98 Å². The van der Waals surface area contributed by atoms with Crippen LogP contribution in [0.1, 0.15) is 21.6 Å². The number of hydrogen-bond acceptors (Lipinski definition) is 4. The second-order valence-electron chi connectivity index (χ2n) is 7.20. The first-order chi connectivity index (χ1) is 15.5. The highest BCUT2D eigenvalue weighted by Crippen LogP contribution is 2.20. The van der Waals surface area contributed by atoms with Gasteiger partial charge in [0.2, 0.25) is 5.91 Å². The monoisotopic (exact) mass is 492 g/mol. The Balaban J connectivity index is 1.32. The lowest BCUT2D eigenvalue weighted by molar-refractivity contribution is -0.115. The number of carbonyl (C=O) groups is 2. The summed E-state index contributed by atoms with van der Waals surface area (Å²) in [5, 5.41) is 5.43. The van der Waals surface area contributed by atoms with E-state index in [4.69, 9.17) is 4.74 Å². The van der Waals surface area contributed by atoms with Crippen molar-refractivity contribution in [1.82, 2.24) is 14.7 Å². The minimum absolute atomic E-state index is 0.138. The molecule has 0 spiro atoms. The molecular formula is C24H21BrN4O3. The molecule has 7 nitrogen and oxygen atoms in total. The molecule has 2 aromatic heterocycles. The number of aryl methyl sites for hydroxylation is 1. The average Bonchev–Trinajstić information content (AvgIpc) is 3.21. The van der Waals surface area contributed by atoms with Gasteiger partial charge < -0.3 is 19.8 Å². The van der Waals surface area contributed by atoms with Crippen LogP contribution in [0.2, 0.25) is 0 Å². The van der Waals surface area contributed by atoms with Crippen LogP contribution in [0.5, 0.6) is 5.75 Å². The predicted octanol–water partition coefficient (Wildman–Crippen LogP) is 4.35. The van der Waals surface area contributed by atoms with Gasteiger partial charge in [-0.2, -0.15) is 0 Å². The molecule has 4 aromatic rings. The summed E-state index contributed by atoms with van der Waals surface area (Å²) in [6, 6.07) is 18.2. The average molecular weight is 493 g/mol. The molecule has 4 rings (SSSR count). The molecule has 2 N–H and O–H groups in total. The van der Waals surface area contributed by atoms with Crippen LogP contribution in [-0.4, -0.2) is 27.7 Å². The van der Waals surface area contributed by atoms with Gasteiger partial charge in [-0.05, 0) is 61.0 Å². The molecule has 0 aliphatic carbocycles. The number of pyridine rings is 1. The molecule has 8 heteroatoms. The van der Waals surface area contributed by atoms with E-state index < -0.39 is 0 Å². The minimum Gasteiger partial charge on any atom is -0.487 e. The predicted molar refractivity (Wildman–Crippen MR) is 126 cm³/mol. The third-order valence-electron chi connectivity index (χ3n) is 4.77. The number of rotatable bonds is 7. The minimum atomic E-state index is -0.356. The van der Waals surface area contributed by atoms with E-state index in [1.165, 1.54) is 0 Å². The maximum atomic E-state index is 12.5. The van der Waals surface area contributed by atoms with Crippen LogP contribution in [0.25, 0.3) is 5.65 Å². The zero-order valence-electron chi connectivity index (χ0n) is 17.3. The van der Waals surface area contributed by atoms with E-state index in [2.05, 4.69) is 31.5 Å². The number of aromatic nitrogens is 2. The van der Waals surface area contributed by atoms with Crippen LogP contribution in [0.3, 0.4) is 0 Å². The van der Waals surface area contributed by atoms with Gasteiger partial charge in [0, 0.05) is 28.1 Å². The van der Waals surface area contributed by atoms with Crippen molar-refractivity contribution in [1.29, 1.82) is 0 Å². The van der Waals surface area contributed by atoms with Crippen molar-refractivity contribution < 1.29 is 14.3 Å². The van der Waals surface area contributed by atoms with Crippen LogP contribution >= 0.6 is 15.9 Å². The van der Waals surface area contributed by atoms with Gasteiger partial charge in [0.25, 0.3) is 5.91 Å². The van der Waals surface area contributed by atoms with E-state index in [1.54, 1.807) is 24.3 Å². The van der Waals surface area contributed by atoms with Crippen LogP contribution in [0.15, 0.2) is 77.5 Å². The molecule has 0 saturated carbocycles. The number of fused-ring (bicyclic) bond motifs is 1. The summed E-state index contributed by atoms with van der Waals surface area (Å²) >= 11 is 3.39. The van der Waals surface area contributed by atoms with Gasteiger partial charge >= 0.3 is 0 Å². The van der Waals surface area contributed by atoms with Crippen molar-refractivity contribution in [2.45, 2.75) is 13.5 Å². The third-order valence-corrected chi connectivity index (χ3v) is 5.26. The first-order valence-electron chi connectivity index (χ1n) is 9.97. The Labute approximate surface area is 193 Å². The Morgan fingerprint density at radius 1 is 1.09 bits per heavy atom. The fourth-order valence-corrected chi connectivity index (χ4v) is 3.64. The fraction of sp³-hybridized carbons (Fsp3) is 0.125. The largest absolute Gasteiger partial charge is 0.487 e. The van der Waals surface area contributed by atoms with Crippen LogP contribution < -0.4 is 15.4 Å². The second kappa shape index (κ2) is 9.65. The maximum Gasteiger partial charge on any atom is 0.251 e. The Morgan fingerprint density at radius 2 is 1.97 bits per heavy atom. The molecule has 0 aliphatic heterocycles. The van der Waals surface area contributed by atoms with Gasteiger partial charge in [0.15, 0.2) is 0 Å². The highest BCUT2D eigenvalue weighted by Gasteiger charge is 2.11. The van der Waals surface area contributed by atoms with Crippen LogP contribution in [0.4, 0.5) is 5.69 Å². The van der Waals surface area contributed by atoms with Crippen molar-refractivity contribution in [2.24, 2.45) is 0 Å². The van der Waals surface area contributed by atoms with E-state index in [9.17, 15) is 9.59 Å². The second-order valence-corrected chi connectivity index (χ2v) is 8.12. The topological polar surface area (TPSA) is 84.7 Å². The van der Waals surface area contributed by atoms with Crippen LogP contribution in [-0.2, 0) is 11.4 Å². The number of halogens is 1. The number of nitrogens with zero attached hydrogens (tertiary/aromatic N) is 2. The summed E-state index contributed by atoms with van der Waals surface area (Å²) < 4.78 is 8.66. The molecule has 0 unspecified atom stereocenters. The Bertz CT molecular complexity index is 1250. The van der Waals surface area contributed by atoms with E-state index in [0.717, 1.165) is 21.4 Å². The van der Waals surface area contributed by atoms with Crippen molar-refractivity contribution in [3.63, 3.8) is 0 Å². The van der Waals surface area contributed by atoms with Crippen molar-refractivity contribution in [3.8, 4) is 5.75 Å². The zero-order valence-corrected chi connectivity index (χ0v) is 18.9. The first kappa shape index (κ1) is 21.6. The number of imidazole rings is 1. The molecular weight excluding hydrogens is 472 g/mol. The summed E-state index contributed by atoms with van der Waals surface area (Å²) in [5.41, 5.74) is 3.66. The van der Waals surface area contributed by atoms with Gasteiger partial charge in [-0.1, -0.05) is 28.1 Å². The van der Waals surface area contributed by atoms with Gasteiger partial charge in [0.05, 0.1) is 12.2 Å². The van der Waals surface area contributed by atoms with Gasteiger partial charge in [-0.15, -0.1) is 0 Å². The third kappa shape index (κ3) is 5.33. The summed E-state index contributed by atoms with van der Waals surface area (Å²) in [6.07, 6.45) is 3.82. The van der Waals surface area contributed by atoms with Gasteiger partial charge in [-0.3, -0.25) is 9.59 Å². The number of nitrogens with one attached hydrogen (secondary N) is 2. The molecule has 32 heavy (non-hydrogen) atoms. The Morgan fingerprint density at radius 3 is 2.78 bits per heavy atom. The number of carbonyl (C=O) groups excluding carboxylic acids is 2. The lowest BCUT2D eigenvalue weighted by Gasteiger charge is -2.10. The Hall–Kier alpha value is -3.65. The number of ether oxygens (including phenoxy) is 1. The molecule has 0 atom stereocenters. The van der Waals surface area contributed by atoms with Crippen molar-refractivity contribution >= 4 is 39.1 Å². The molecule has 0 fully saturated rings. The SMILES string of the molecule is Cc1cc(Br)ccc1NC(=O)CNC(=O)c1cccc(OCc2cn3ccccc3n2)c1. The number of hydrogen-bond donors (Lipinski definition) is 2. The molecule has 162 valence electrons. The zero-order chi connectivity index (χ0) is 22.5. The molecule has 2 amide bonds. The normalized spacial score (nSPS) is 10.7. The summed E-state index contributed by atoms with van der Waals surface area (Å²) in [4.78, 5) is 29.2. The molecule has 0 bridgehead atoms. The van der Waals surface area contributed by atoms with E-state index in [1.807, 2.05) is 60.1 Å².